The van der Waals surface area contributed by atoms with Crippen molar-refractivity contribution < 1.29 is 4.79 Å². The van der Waals surface area contributed by atoms with Crippen molar-refractivity contribution in [3.8, 4) is 0 Å². The van der Waals surface area contributed by atoms with Crippen molar-refractivity contribution in [1.82, 2.24) is 15.0 Å². The monoisotopic (exact) mass is 467 g/mol. The van der Waals surface area contributed by atoms with E-state index in [0.717, 1.165) is 34.4 Å². The standard InChI is InChI=1S/C22H21N5OS3/c1-13(28)27(15-7-3-2-4-8-15)22-24-14(12-30-22)11-29-21-25-19(23)18-16-9-5-6-10-17(16)31-20(18)26-21/h2-4,7-8,12H,5-6,9-11H2,1H3,(H2,23,25,26). The zero-order valence-corrected chi connectivity index (χ0v) is 19.4. The predicted molar refractivity (Wildman–Crippen MR) is 129 cm³/mol. The number of aromatic nitrogens is 3. The molecule has 31 heavy (non-hydrogen) atoms. The summed E-state index contributed by atoms with van der Waals surface area (Å²) in [7, 11) is 0. The first-order valence-corrected chi connectivity index (χ1v) is 12.8. The molecule has 0 atom stereocenters. The highest BCUT2D eigenvalue weighted by Gasteiger charge is 2.21. The van der Waals surface area contributed by atoms with Gasteiger partial charge in [0.15, 0.2) is 10.3 Å². The number of carbonyl (C=O) groups is 1. The Morgan fingerprint density at radius 2 is 1.97 bits per heavy atom. The fourth-order valence-corrected chi connectivity index (χ4v) is 6.90. The third-order valence-electron chi connectivity index (χ3n) is 5.23. The molecular weight excluding hydrogens is 446 g/mol. The number of nitrogens with zero attached hydrogens (tertiary/aromatic N) is 4. The number of para-hydroxylation sites is 1. The number of hydrogen-bond acceptors (Lipinski definition) is 8. The van der Waals surface area contributed by atoms with Gasteiger partial charge in [0, 0.05) is 22.9 Å². The lowest BCUT2D eigenvalue weighted by Gasteiger charge is -2.17. The number of amides is 1. The van der Waals surface area contributed by atoms with E-state index in [0.29, 0.717) is 21.9 Å². The number of fused-ring (bicyclic) bond motifs is 3. The van der Waals surface area contributed by atoms with Gasteiger partial charge in [0.25, 0.3) is 0 Å². The van der Waals surface area contributed by atoms with Gasteiger partial charge in [-0.25, -0.2) is 15.0 Å². The number of aryl methyl sites for hydroxylation is 2. The molecule has 1 aliphatic carbocycles. The molecule has 3 aromatic heterocycles. The number of nitrogens with two attached hydrogens (primary N) is 1. The van der Waals surface area contributed by atoms with E-state index in [1.165, 1.54) is 46.4 Å². The van der Waals surface area contributed by atoms with Crippen molar-refractivity contribution >= 4 is 67.2 Å². The number of carbonyl (C=O) groups excluding carboxylic acids is 1. The van der Waals surface area contributed by atoms with Crippen molar-refractivity contribution in [2.75, 3.05) is 10.6 Å². The van der Waals surface area contributed by atoms with Gasteiger partial charge in [0.2, 0.25) is 5.91 Å². The average Bonchev–Trinajstić information content (AvgIpc) is 3.37. The second-order valence-corrected chi connectivity index (χ2v) is 10.2. The highest BCUT2D eigenvalue weighted by atomic mass is 32.2. The third-order valence-corrected chi connectivity index (χ3v) is 8.17. The summed E-state index contributed by atoms with van der Waals surface area (Å²) in [6.45, 7) is 1.55. The predicted octanol–water partition coefficient (Wildman–Crippen LogP) is 5.59. The maximum Gasteiger partial charge on any atom is 0.230 e. The summed E-state index contributed by atoms with van der Waals surface area (Å²) >= 11 is 4.74. The quantitative estimate of drug-likeness (QED) is 0.304. The lowest BCUT2D eigenvalue weighted by molar-refractivity contribution is -0.115. The summed E-state index contributed by atoms with van der Waals surface area (Å²) in [5, 5.41) is 4.37. The molecule has 6 nitrogen and oxygen atoms in total. The average molecular weight is 468 g/mol. The van der Waals surface area contributed by atoms with Crippen molar-refractivity contribution in [2.45, 2.75) is 43.5 Å². The third kappa shape index (κ3) is 4.05. The molecule has 3 heterocycles. The van der Waals surface area contributed by atoms with Crippen LogP contribution in [0.5, 0.6) is 0 Å². The van der Waals surface area contributed by atoms with Crippen LogP contribution in [0.4, 0.5) is 16.6 Å². The van der Waals surface area contributed by atoms with E-state index in [2.05, 4.69) is 9.97 Å². The molecule has 0 fully saturated rings. The lowest BCUT2D eigenvalue weighted by Crippen LogP contribution is -2.22. The number of nitrogen functional groups attached to an aromatic ring is 1. The first-order chi connectivity index (χ1) is 15.1. The van der Waals surface area contributed by atoms with Gasteiger partial charge < -0.3 is 5.73 Å². The summed E-state index contributed by atoms with van der Waals surface area (Å²) in [6, 6.07) is 9.57. The van der Waals surface area contributed by atoms with Gasteiger partial charge in [-0.2, -0.15) is 0 Å². The minimum atomic E-state index is -0.0667. The molecule has 158 valence electrons. The van der Waals surface area contributed by atoms with Crippen molar-refractivity contribution in [1.29, 1.82) is 0 Å². The number of thiazole rings is 1. The maximum atomic E-state index is 12.2. The minimum Gasteiger partial charge on any atom is -0.383 e. The number of thiophene rings is 1. The number of benzene rings is 1. The van der Waals surface area contributed by atoms with Gasteiger partial charge in [-0.05, 0) is 43.4 Å². The molecular formula is C22H21N5OS3. The smallest absolute Gasteiger partial charge is 0.230 e. The van der Waals surface area contributed by atoms with E-state index in [-0.39, 0.29) is 5.91 Å². The number of hydrogen-bond donors (Lipinski definition) is 1. The van der Waals surface area contributed by atoms with Gasteiger partial charge in [0.05, 0.1) is 16.8 Å². The van der Waals surface area contributed by atoms with E-state index in [1.807, 2.05) is 35.7 Å². The van der Waals surface area contributed by atoms with E-state index in [1.54, 1.807) is 23.2 Å². The zero-order chi connectivity index (χ0) is 21.4. The Kier molecular flexibility index (Phi) is 5.64. The number of thioether (sulfide) groups is 1. The van der Waals surface area contributed by atoms with Gasteiger partial charge in [-0.3, -0.25) is 9.69 Å². The van der Waals surface area contributed by atoms with Crippen LogP contribution in [0.1, 0.15) is 35.9 Å². The SMILES string of the molecule is CC(=O)N(c1ccccc1)c1nc(CSc2nc(N)c3c4c(sc3n2)CCCC4)cs1. The lowest BCUT2D eigenvalue weighted by atomic mass is 9.97. The molecule has 1 amide bonds. The molecule has 1 aliphatic rings. The number of anilines is 3. The Balaban J connectivity index is 1.35. The molecule has 0 saturated carbocycles. The van der Waals surface area contributed by atoms with Gasteiger partial charge in [0.1, 0.15) is 10.6 Å². The van der Waals surface area contributed by atoms with Gasteiger partial charge in [-0.1, -0.05) is 30.0 Å². The molecule has 0 bridgehead atoms. The van der Waals surface area contributed by atoms with Crippen LogP contribution in [0.25, 0.3) is 10.2 Å². The molecule has 4 aromatic rings. The summed E-state index contributed by atoms with van der Waals surface area (Å²) in [4.78, 5) is 30.3. The van der Waals surface area contributed by atoms with Crippen LogP contribution in [0.3, 0.4) is 0 Å². The van der Waals surface area contributed by atoms with Crippen LogP contribution in [0.2, 0.25) is 0 Å². The van der Waals surface area contributed by atoms with E-state index in [9.17, 15) is 4.79 Å². The Hall–Kier alpha value is -2.49. The van der Waals surface area contributed by atoms with E-state index < -0.39 is 0 Å². The van der Waals surface area contributed by atoms with Crippen molar-refractivity contribution in [3.05, 3.63) is 51.8 Å². The van der Waals surface area contributed by atoms with E-state index >= 15 is 0 Å². The Bertz CT molecular complexity index is 1250. The van der Waals surface area contributed by atoms with Crippen LogP contribution in [-0.4, -0.2) is 20.9 Å². The summed E-state index contributed by atoms with van der Waals surface area (Å²) < 4.78 is 0. The topological polar surface area (TPSA) is 85.0 Å². The molecule has 0 radical (unpaired) electrons. The minimum absolute atomic E-state index is 0.0667. The first-order valence-electron chi connectivity index (χ1n) is 10.1. The fraction of sp³-hybridized carbons (Fsp3) is 0.273. The van der Waals surface area contributed by atoms with Crippen LogP contribution < -0.4 is 10.6 Å². The fourth-order valence-electron chi connectivity index (χ4n) is 3.84. The summed E-state index contributed by atoms with van der Waals surface area (Å²) in [5.74, 6) is 1.13. The molecule has 9 heteroatoms. The van der Waals surface area contributed by atoms with Gasteiger partial charge >= 0.3 is 0 Å². The highest BCUT2D eigenvalue weighted by molar-refractivity contribution is 7.98. The molecule has 0 saturated heterocycles. The largest absolute Gasteiger partial charge is 0.383 e. The molecule has 0 unspecified atom stereocenters. The Labute approximate surface area is 192 Å². The molecule has 2 N–H and O–H groups in total. The molecule has 1 aromatic carbocycles. The van der Waals surface area contributed by atoms with E-state index in [4.69, 9.17) is 10.7 Å². The summed E-state index contributed by atoms with van der Waals surface area (Å²) in [5.41, 5.74) is 9.38. The van der Waals surface area contributed by atoms with Crippen molar-refractivity contribution in [3.63, 3.8) is 0 Å². The van der Waals surface area contributed by atoms with Crippen molar-refractivity contribution in [2.24, 2.45) is 0 Å². The van der Waals surface area contributed by atoms with Crippen LogP contribution in [-0.2, 0) is 23.4 Å². The Morgan fingerprint density at radius 1 is 1.16 bits per heavy atom. The maximum absolute atomic E-state index is 12.2. The van der Waals surface area contributed by atoms with Crippen LogP contribution in [0, 0.1) is 0 Å². The molecule has 0 aliphatic heterocycles. The number of rotatable bonds is 5. The van der Waals surface area contributed by atoms with Crippen LogP contribution in [0.15, 0.2) is 40.9 Å². The summed E-state index contributed by atoms with van der Waals surface area (Å²) in [6.07, 6.45) is 4.64. The molecule has 5 rings (SSSR count). The zero-order valence-electron chi connectivity index (χ0n) is 17.0. The highest BCUT2D eigenvalue weighted by Crippen LogP contribution is 2.39. The Morgan fingerprint density at radius 3 is 2.77 bits per heavy atom. The van der Waals surface area contributed by atoms with Gasteiger partial charge in [-0.15, -0.1) is 22.7 Å². The second kappa shape index (κ2) is 8.57. The first kappa shape index (κ1) is 20.4. The second-order valence-electron chi connectivity index (χ2n) is 7.38. The van der Waals surface area contributed by atoms with Crippen LogP contribution >= 0.6 is 34.4 Å². The normalized spacial score (nSPS) is 13.3. The molecule has 0 spiro atoms.